The topological polar surface area (TPSA) is 54.3 Å². The maximum Gasteiger partial charge on any atom is 0.233 e. The van der Waals surface area contributed by atoms with Crippen LogP contribution >= 0.6 is 23.4 Å². The van der Waals surface area contributed by atoms with Crippen molar-refractivity contribution in [2.24, 2.45) is 0 Å². The average molecular weight is 394 g/mol. The van der Waals surface area contributed by atoms with Crippen molar-refractivity contribution in [1.82, 2.24) is 24.6 Å². The van der Waals surface area contributed by atoms with Gasteiger partial charge in [0, 0.05) is 43.8 Å². The zero-order valence-electron chi connectivity index (χ0n) is 15.1. The highest BCUT2D eigenvalue weighted by atomic mass is 35.5. The summed E-state index contributed by atoms with van der Waals surface area (Å²) in [5.41, 5.74) is 1.25. The largest absolute Gasteiger partial charge is 0.339 e. The smallest absolute Gasteiger partial charge is 0.233 e. The maximum atomic E-state index is 12.5. The second kappa shape index (κ2) is 8.88. The van der Waals surface area contributed by atoms with Gasteiger partial charge in [0.15, 0.2) is 5.16 Å². The monoisotopic (exact) mass is 393 g/mol. The van der Waals surface area contributed by atoms with Crippen LogP contribution in [0.5, 0.6) is 0 Å². The fourth-order valence-electron chi connectivity index (χ4n) is 2.91. The molecule has 1 aromatic carbocycles. The number of piperazine rings is 1. The van der Waals surface area contributed by atoms with Crippen LogP contribution in [-0.2, 0) is 11.3 Å². The molecule has 1 amide bonds. The van der Waals surface area contributed by atoms with Crippen molar-refractivity contribution >= 4 is 29.3 Å². The fourth-order valence-corrected chi connectivity index (χ4v) is 3.98. The molecule has 1 saturated heterocycles. The second-order valence-corrected chi connectivity index (χ2v) is 8.07. The Kier molecular flexibility index (Phi) is 6.56. The van der Waals surface area contributed by atoms with Gasteiger partial charge in [0.25, 0.3) is 0 Å². The zero-order chi connectivity index (χ0) is 18.5. The van der Waals surface area contributed by atoms with Crippen LogP contribution in [-0.4, -0.2) is 62.4 Å². The molecule has 26 heavy (non-hydrogen) atoms. The van der Waals surface area contributed by atoms with Gasteiger partial charge in [0.2, 0.25) is 5.91 Å². The van der Waals surface area contributed by atoms with E-state index in [0.717, 1.165) is 42.9 Å². The third-order valence-corrected chi connectivity index (χ3v) is 5.66. The number of carbonyl (C=O) groups excluding carboxylic acids is 1. The number of aromatic nitrogens is 3. The van der Waals surface area contributed by atoms with Crippen molar-refractivity contribution in [2.45, 2.75) is 31.6 Å². The normalized spacial score (nSPS) is 15.6. The highest BCUT2D eigenvalue weighted by Gasteiger charge is 2.22. The summed E-state index contributed by atoms with van der Waals surface area (Å²) in [5, 5.41) is 9.61. The number of benzene rings is 1. The molecule has 0 unspecified atom stereocenters. The predicted octanol–water partition coefficient (Wildman–Crippen LogP) is 2.95. The second-order valence-electron chi connectivity index (χ2n) is 6.69. The molecule has 0 saturated carbocycles. The quantitative estimate of drug-likeness (QED) is 0.706. The van der Waals surface area contributed by atoms with Crippen LogP contribution in [0.1, 0.15) is 25.5 Å². The Morgan fingerprint density at radius 3 is 2.54 bits per heavy atom. The molecule has 0 aliphatic carbocycles. The lowest BCUT2D eigenvalue weighted by molar-refractivity contribution is -0.130. The Balaban J connectivity index is 1.44. The van der Waals surface area contributed by atoms with Gasteiger partial charge in [-0.25, -0.2) is 0 Å². The summed E-state index contributed by atoms with van der Waals surface area (Å²) in [6.07, 6.45) is 1.72. The minimum atomic E-state index is 0.166. The standard InChI is InChI=1S/C18H24ClN5OS/c1-14(2)24-13-20-21-18(24)26-12-17(25)23-9-7-22(8-10-23)11-15-3-5-16(19)6-4-15/h3-6,13-14H,7-12H2,1-2H3. The maximum absolute atomic E-state index is 12.5. The molecule has 2 heterocycles. The molecular formula is C18H24ClN5OS. The molecule has 140 valence electrons. The molecule has 0 spiro atoms. The molecule has 1 aliphatic heterocycles. The van der Waals surface area contributed by atoms with Gasteiger partial charge in [-0.15, -0.1) is 10.2 Å². The summed E-state index contributed by atoms with van der Waals surface area (Å²) in [6.45, 7) is 8.37. The van der Waals surface area contributed by atoms with E-state index >= 15 is 0 Å². The number of amides is 1. The first kappa shape index (κ1) is 19.2. The van der Waals surface area contributed by atoms with Crippen molar-refractivity contribution in [3.8, 4) is 0 Å². The van der Waals surface area contributed by atoms with Gasteiger partial charge in [0.1, 0.15) is 6.33 Å². The molecule has 0 atom stereocenters. The van der Waals surface area contributed by atoms with Crippen LogP contribution in [0.15, 0.2) is 35.7 Å². The van der Waals surface area contributed by atoms with E-state index in [2.05, 4.69) is 41.1 Å². The first-order valence-electron chi connectivity index (χ1n) is 8.80. The molecule has 6 nitrogen and oxygen atoms in total. The molecule has 1 fully saturated rings. The Morgan fingerprint density at radius 1 is 1.19 bits per heavy atom. The van der Waals surface area contributed by atoms with E-state index in [1.54, 1.807) is 6.33 Å². The molecule has 3 rings (SSSR count). The van der Waals surface area contributed by atoms with Crippen LogP contribution < -0.4 is 0 Å². The number of nitrogens with zero attached hydrogens (tertiary/aromatic N) is 5. The zero-order valence-corrected chi connectivity index (χ0v) is 16.7. The summed E-state index contributed by atoms with van der Waals surface area (Å²) < 4.78 is 1.99. The van der Waals surface area contributed by atoms with Gasteiger partial charge in [0.05, 0.1) is 5.75 Å². The van der Waals surface area contributed by atoms with Gasteiger partial charge < -0.3 is 9.47 Å². The van der Waals surface area contributed by atoms with Gasteiger partial charge >= 0.3 is 0 Å². The first-order chi connectivity index (χ1) is 12.5. The lowest BCUT2D eigenvalue weighted by Gasteiger charge is -2.34. The van der Waals surface area contributed by atoms with Crippen molar-refractivity contribution in [3.05, 3.63) is 41.2 Å². The lowest BCUT2D eigenvalue weighted by atomic mass is 10.2. The predicted molar refractivity (Wildman–Crippen MR) is 104 cm³/mol. The third kappa shape index (κ3) is 4.99. The van der Waals surface area contributed by atoms with Crippen LogP contribution in [0.25, 0.3) is 0 Å². The van der Waals surface area contributed by atoms with Crippen LogP contribution in [0.3, 0.4) is 0 Å². The molecule has 0 bridgehead atoms. The summed E-state index contributed by atoms with van der Waals surface area (Å²) >= 11 is 7.39. The third-order valence-electron chi connectivity index (χ3n) is 4.47. The van der Waals surface area contributed by atoms with E-state index in [4.69, 9.17) is 11.6 Å². The minimum Gasteiger partial charge on any atom is -0.339 e. The van der Waals surface area contributed by atoms with Crippen LogP contribution in [0.2, 0.25) is 5.02 Å². The Labute approximate surface area is 163 Å². The van der Waals surface area contributed by atoms with Crippen molar-refractivity contribution in [1.29, 1.82) is 0 Å². The minimum absolute atomic E-state index is 0.166. The molecule has 1 aliphatic rings. The number of halogens is 1. The van der Waals surface area contributed by atoms with Crippen LogP contribution in [0, 0.1) is 0 Å². The highest BCUT2D eigenvalue weighted by Crippen LogP contribution is 2.20. The van der Waals surface area contributed by atoms with Crippen molar-refractivity contribution < 1.29 is 4.79 Å². The molecule has 1 aromatic heterocycles. The van der Waals surface area contributed by atoms with Crippen molar-refractivity contribution in [3.63, 3.8) is 0 Å². The summed E-state index contributed by atoms with van der Waals surface area (Å²) in [6, 6.07) is 8.25. The van der Waals surface area contributed by atoms with E-state index in [0.29, 0.717) is 11.8 Å². The van der Waals surface area contributed by atoms with E-state index in [9.17, 15) is 4.79 Å². The van der Waals surface area contributed by atoms with Gasteiger partial charge in [-0.2, -0.15) is 0 Å². The average Bonchev–Trinajstić information content (AvgIpc) is 3.11. The molecule has 0 N–H and O–H groups in total. The lowest BCUT2D eigenvalue weighted by Crippen LogP contribution is -2.48. The summed E-state index contributed by atoms with van der Waals surface area (Å²) in [7, 11) is 0. The molecule has 0 radical (unpaired) electrons. The molecule has 2 aromatic rings. The SMILES string of the molecule is CC(C)n1cnnc1SCC(=O)N1CCN(Cc2ccc(Cl)cc2)CC1. The molecular weight excluding hydrogens is 370 g/mol. The van der Waals surface area contributed by atoms with Gasteiger partial charge in [-0.05, 0) is 31.5 Å². The fraction of sp³-hybridized carbons (Fsp3) is 0.500. The van der Waals surface area contributed by atoms with E-state index < -0.39 is 0 Å². The summed E-state index contributed by atoms with van der Waals surface area (Å²) in [4.78, 5) is 16.8. The first-order valence-corrected chi connectivity index (χ1v) is 10.2. The number of carbonyl (C=O) groups is 1. The van der Waals surface area contributed by atoms with Gasteiger partial charge in [-0.3, -0.25) is 9.69 Å². The summed E-state index contributed by atoms with van der Waals surface area (Å²) in [5.74, 6) is 0.572. The molecule has 8 heteroatoms. The van der Waals surface area contributed by atoms with Crippen LogP contribution in [0.4, 0.5) is 0 Å². The number of hydrogen-bond donors (Lipinski definition) is 0. The Hall–Kier alpha value is -1.57. The van der Waals surface area contributed by atoms with E-state index in [1.165, 1.54) is 17.3 Å². The Morgan fingerprint density at radius 2 is 1.88 bits per heavy atom. The van der Waals surface area contributed by atoms with Gasteiger partial charge in [-0.1, -0.05) is 35.5 Å². The number of rotatable bonds is 6. The van der Waals surface area contributed by atoms with E-state index in [-0.39, 0.29) is 5.91 Å². The van der Waals surface area contributed by atoms with Crippen molar-refractivity contribution in [2.75, 3.05) is 31.9 Å². The number of thioether (sulfide) groups is 1. The highest BCUT2D eigenvalue weighted by molar-refractivity contribution is 7.99. The van der Waals surface area contributed by atoms with E-state index in [1.807, 2.05) is 21.6 Å². The Bertz CT molecular complexity index is 725. The number of hydrogen-bond acceptors (Lipinski definition) is 5.